The maximum absolute atomic E-state index is 5.41. The molecule has 3 nitrogen and oxygen atoms in total. The zero-order chi connectivity index (χ0) is 12.5. The first kappa shape index (κ1) is 11.7. The Morgan fingerprint density at radius 1 is 1.00 bits per heavy atom. The van der Waals surface area contributed by atoms with Crippen LogP contribution in [0.3, 0.4) is 0 Å². The van der Waals surface area contributed by atoms with Gasteiger partial charge < -0.3 is 14.8 Å². The molecule has 3 heteroatoms. The van der Waals surface area contributed by atoms with E-state index in [2.05, 4.69) is 25.2 Å². The van der Waals surface area contributed by atoms with Gasteiger partial charge in [0.05, 0.1) is 0 Å². The zero-order valence-electron chi connectivity index (χ0n) is 11.1. The van der Waals surface area contributed by atoms with Crippen LogP contribution in [-0.2, 0) is 0 Å². The molecule has 1 aromatic rings. The van der Waals surface area contributed by atoms with Crippen molar-refractivity contribution in [3.8, 4) is 11.5 Å². The van der Waals surface area contributed by atoms with Gasteiger partial charge in [-0.15, -0.1) is 0 Å². The van der Waals surface area contributed by atoms with Gasteiger partial charge in [-0.3, -0.25) is 0 Å². The van der Waals surface area contributed by atoms with Gasteiger partial charge in [0, 0.05) is 17.8 Å². The lowest BCUT2D eigenvalue weighted by atomic mass is 9.80. The van der Waals surface area contributed by atoms with E-state index >= 15 is 0 Å². The predicted molar refractivity (Wildman–Crippen MR) is 72.2 cm³/mol. The van der Waals surface area contributed by atoms with Crippen LogP contribution in [0.1, 0.15) is 33.1 Å². The lowest BCUT2D eigenvalue weighted by molar-refractivity contribution is 0.174. The van der Waals surface area contributed by atoms with Crippen LogP contribution in [0, 0.1) is 11.8 Å². The average Bonchev–Trinajstić information content (AvgIpc) is 2.74. The Kier molecular flexibility index (Phi) is 3.06. The molecule has 98 valence electrons. The summed E-state index contributed by atoms with van der Waals surface area (Å²) in [6.45, 7) is 5.05. The van der Waals surface area contributed by atoms with Crippen LogP contribution in [0.15, 0.2) is 18.2 Å². The fourth-order valence-corrected chi connectivity index (χ4v) is 3.29. The predicted octanol–water partition coefficient (Wildman–Crippen LogP) is 3.65. The van der Waals surface area contributed by atoms with Gasteiger partial charge in [0.15, 0.2) is 11.5 Å². The number of fused-ring (bicyclic) bond motifs is 1. The second kappa shape index (κ2) is 4.71. The third-order valence-corrected chi connectivity index (χ3v) is 3.92. The number of benzene rings is 1. The molecule has 2 unspecified atom stereocenters. The molecule has 1 N–H and O–H groups in total. The summed E-state index contributed by atoms with van der Waals surface area (Å²) < 4.78 is 10.7. The Hall–Kier alpha value is -1.38. The van der Waals surface area contributed by atoms with E-state index in [1.165, 1.54) is 19.3 Å². The summed E-state index contributed by atoms with van der Waals surface area (Å²) in [5, 5.41) is 3.64. The smallest absolute Gasteiger partial charge is 0.231 e. The quantitative estimate of drug-likeness (QED) is 0.865. The van der Waals surface area contributed by atoms with Crippen molar-refractivity contribution in [3.63, 3.8) is 0 Å². The van der Waals surface area contributed by atoms with Crippen LogP contribution in [0.4, 0.5) is 5.69 Å². The van der Waals surface area contributed by atoms with Crippen molar-refractivity contribution in [3.05, 3.63) is 18.2 Å². The third kappa shape index (κ3) is 2.40. The normalized spacial score (nSPS) is 30.2. The van der Waals surface area contributed by atoms with Gasteiger partial charge in [0.25, 0.3) is 0 Å². The largest absolute Gasteiger partial charge is 0.454 e. The van der Waals surface area contributed by atoms with E-state index < -0.39 is 0 Å². The van der Waals surface area contributed by atoms with Gasteiger partial charge in [-0.2, -0.15) is 0 Å². The SMILES string of the molecule is CC1CC(C)CC(Nc2ccc3c(c2)OCO3)C1. The van der Waals surface area contributed by atoms with Gasteiger partial charge in [0.2, 0.25) is 6.79 Å². The highest BCUT2D eigenvalue weighted by molar-refractivity contribution is 5.56. The van der Waals surface area contributed by atoms with Crippen LogP contribution in [0.2, 0.25) is 0 Å². The van der Waals surface area contributed by atoms with Gasteiger partial charge >= 0.3 is 0 Å². The lowest BCUT2D eigenvalue weighted by Gasteiger charge is -2.32. The lowest BCUT2D eigenvalue weighted by Crippen LogP contribution is -2.30. The van der Waals surface area contributed by atoms with Crippen LogP contribution in [0.25, 0.3) is 0 Å². The van der Waals surface area contributed by atoms with Gasteiger partial charge in [-0.1, -0.05) is 13.8 Å². The molecule has 1 heterocycles. The van der Waals surface area contributed by atoms with Gasteiger partial charge in [-0.25, -0.2) is 0 Å². The Labute approximate surface area is 108 Å². The number of hydrogen-bond donors (Lipinski definition) is 1. The van der Waals surface area contributed by atoms with E-state index in [9.17, 15) is 0 Å². The third-order valence-electron chi connectivity index (χ3n) is 3.92. The first-order chi connectivity index (χ1) is 8.70. The maximum atomic E-state index is 5.41. The molecule has 0 radical (unpaired) electrons. The van der Waals surface area contributed by atoms with E-state index in [0.717, 1.165) is 29.0 Å². The fraction of sp³-hybridized carbons (Fsp3) is 0.600. The number of ether oxygens (including phenoxy) is 2. The summed E-state index contributed by atoms with van der Waals surface area (Å²) in [4.78, 5) is 0. The molecule has 1 saturated carbocycles. The molecule has 0 amide bonds. The Morgan fingerprint density at radius 3 is 2.50 bits per heavy atom. The van der Waals surface area contributed by atoms with E-state index in [4.69, 9.17) is 9.47 Å². The molecule has 18 heavy (non-hydrogen) atoms. The minimum absolute atomic E-state index is 0.344. The van der Waals surface area contributed by atoms with Crippen LogP contribution in [-0.4, -0.2) is 12.8 Å². The van der Waals surface area contributed by atoms with E-state index in [0.29, 0.717) is 12.8 Å². The molecule has 1 fully saturated rings. The molecule has 0 bridgehead atoms. The van der Waals surface area contributed by atoms with Crippen molar-refractivity contribution in [1.82, 2.24) is 0 Å². The summed E-state index contributed by atoms with van der Waals surface area (Å²) in [6, 6.07) is 6.70. The molecule has 3 rings (SSSR count). The van der Waals surface area contributed by atoms with Crippen molar-refractivity contribution < 1.29 is 9.47 Å². The zero-order valence-corrected chi connectivity index (χ0v) is 11.1. The molecular formula is C15H21NO2. The minimum Gasteiger partial charge on any atom is -0.454 e. The van der Waals surface area contributed by atoms with Crippen LogP contribution < -0.4 is 14.8 Å². The Bertz CT molecular complexity index is 423. The fourth-order valence-electron chi connectivity index (χ4n) is 3.29. The van der Waals surface area contributed by atoms with E-state index in [1.807, 2.05) is 12.1 Å². The summed E-state index contributed by atoms with van der Waals surface area (Å²) in [5.74, 6) is 3.35. The van der Waals surface area contributed by atoms with Crippen molar-refractivity contribution >= 4 is 5.69 Å². The molecule has 2 atom stereocenters. The average molecular weight is 247 g/mol. The second-order valence-electron chi connectivity index (χ2n) is 5.83. The highest BCUT2D eigenvalue weighted by Crippen LogP contribution is 2.36. The number of anilines is 1. The maximum Gasteiger partial charge on any atom is 0.231 e. The molecule has 2 aliphatic rings. The molecule has 1 aromatic carbocycles. The molecule has 1 aliphatic carbocycles. The molecule has 1 aliphatic heterocycles. The topological polar surface area (TPSA) is 30.5 Å². The molecule has 0 saturated heterocycles. The number of rotatable bonds is 2. The number of hydrogen-bond acceptors (Lipinski definition) is 3. The molecular weight excluding hydrogens is 226 g/mol. The molecule has 0 spiro atoms. The highest BCUT2D eigenvalue weighted by atomic mass is 16.7. The van der Waals surface area contributed by atoms with Gasteiger partial charge in [0.1, 0.15) is 0 Å². The van der Waals surface area contributed by atoms with Crippen molar-refractivity contribution in [2.75, 3.05) is 12.1 Å². The summed E-state index contributed by atoms with van der Waals surface area (Å²) in [7, 11) is 0. The Balaban J connectivity index is 1.69. The monoisotopic (exact) mass is 247 g/mol. The van der Waals surface area contributed by atoms with Gasteiger partial charge in [-0.05, 0) is 43.2 Å². The molecule has 0 aromatic heterocycles. The Morgan fingerprint density at radius 2 is 1.72 bits per heavy atom. The van der Waals surface area contributed by atoms with Crippen LogP contribution in [0.5, 0.6) is 11.5 Å². The summed E-state index contributed by atoms with van der Waals surface area (Å²) >= 11 is 0. The standard InChI is InChI=1S/C15H21NO2/c1-10-5-11(2)7-13(6-10)16-12-3-4-14-15(8-12)18-9-17-14/h3-4,8,10-11,13,16H,5-7,9H2,1-2H3. The van der Waals surface area contributed by atoms with Crippen molar-refractivity contribution in [2.45, 2.75) is 39.2 Å². The highest BCUT2D eigenvalue weighted by Gasteiger charge is 2.24. The minimum atomic E-state index is 0.344. The van der Waals surface area contributed by atoms with Crippen LogP contribution >= 0.6 is 0 Å². The summed E-state index contributed by atoms with van der Waals surface area (Å²) in [6.07, 6.45) is 3.89. The van der Waals surface area contributed by atoms with Crippen molar-refractivity contribution in [1.29, 1.82) is 0 Å². The number of nitrogens with one attached hydrogen (secondary N) is 1. The first-order valence-corrected chi connectivity index (χ1v) is 6.87. The summed E-state index contributed by atoms with van der Waals surface area (Å²) in [5.41, 5.74) is 1.14. The van der Waals surface area contributed by atoms with Crippen molar-refractivity contribution in [2.24, 2.45) is 11.8 Å². The van der Waals surface area contributed by atoms with E-state index in [1.54, 1.807) is 0 Å². The second-order valence-corrected chi connectivity index (χ2v) is 5.83. The van der Waals surface area contributed by atoms with E-state index in [-0.39, 0.29) is 0 Å². The first-order valence-electron chi connectivity index (χ1n) is 6.87.